The molecule has 2 aromatic rings. The molecule has 0 heterocycles. The lowest BCUT2D eigenvalue weighted by Gasteiger charge is -2.30. The Bertz CT molecular complexity index is 1090. The van der Waals surface area contributed by atoms with E-state index in [0.717, 1.165) is 5.56 Å². The first-order valence-electron chi connectivity index (χ1n) is 12.5. The molecule has 0 radical (unpaired) electrons. The fourth-order valence-corrected chi connectivity index (χ4v) is 5.27. The normalized spacial score (nSPS) is 13.4. The smallest absolute Gasteiger partial charge is 0.243 e. The molecule has 2 amide bonds. The van der Waals surface area contributed by atoms with Gasteiger partial charge < -0.3 is 20.9 Å². The minimum atomic E-state index is -3.92. The molecular formula is C27H39N3O6S. The number of nitrogens with zero attached hydrogens (tertiary/aromatic N) is 1. The van der Waals surface area contributed by atoms with Crippen LogP contribution < -0.4 is 15.8 Å². The summed E-state index contributed by atoms with van der Waals surface area (Å²) in [6, 6.07) is 14.7. The summed E-state index contributed by atoms with van der Waals surface area (Å²) in [5, 5.41) is 14.1. The van der Waals surface area contributed by atoms with Crippen LogP contribution in [0.25, 0.3) is 0 Å². The number of nitrogens with two attached hydrogens (primary N) is 1. The summed E-state index contributed by atoms with van der Waals surface area (Å²) in [6.07, 6.45) is 0.182. The van der Waals surface area contributed by atoms with Gasteiger partial charge in [-0.25, -0.2) is 8.42 Å². The highest BCUT2D eigenvalue weighted by Gasteiger charge is 2.31. The molecule has 0 aliphatic carbocycles. The first-order chi connectivity index (χ1) is 17.5. The fraction of sp³-hybridized carbons (Fsp3) is 0.481. The number of nitrogens with one attached hydrogen (secondary N) is 1. The minimum Gasteiger partial charge on any atom is -0.497 e. The molecule has 0 spiro atoms. The van der Waals surface area contributed by atoms with Crippen molar-refractivity contribution in [2.24, 2.45) is 11.7 Å². The van der Waals surface area contributed by atoms with Crippen LogP contribution in [0.1, 0.15) is 45.1 Å². The van der Waals surface area contributed by atoms with Gasteiger partial charge in [0.25, 0.3) is 0 Å². The summed E-state index contributed by atoms with van der Waals surface area (Å²) >= 11 is 0. The largest absolute Gasteiger partial charge is 0.497 e. The number of aliphatic hydroxyl groups excluding tert-OH is 1. The van der Waals surface area contributed by atoms with Crippen molar-refractivity contribution in [3.05, 3.63) is 60.2 Å². The average molecular weight is 534 g/mol. The maximum Gasteiger partial charge on any atom is 0.243 e. The van der Waals surface area contributed by atoms with E-state index in [1.165, 1.54) is 23.5 Å². The molecule has 1 unspecified atom stereocenters. The number of hydrogen-bond acceptors (Lipinski definition) is 6. The molecule has 0 saturated carbocycles. The summed E-state index contributed by atoms with van der Waals surface area (Å²) in [4.78, 5) is 23.7. The van der Waals surface area contributed by atoms with Crippen LogP contribution in [0.4, 0.5) is 0 Å². The third kappa shape index (κ3) is 10.1. The highest BCUT2D eigenvalue weighted by molar-refractivity contribution is 7.89. The number of ether oxygens (including phenoxy) is 1. The molecule has 2 atom stereocenters. The summed E-state index contributed by atoms with van der Waals surface area (Å²) < 4.78 is 33.5. The summed E-state index contributed by atoms with van der Waals surface area (Å²) in [5.74, 6) is -0.0448. The van der Waals surface area contributed by atoms with E-state index in [1.807, 2.05) is 44.2 Å². The van der Waals surface area contributed by atoms with Crippen molar-refractivity contribution in [3.8, 4) is 5.75 Å². The third-order valence-corrected chi connectivity index (χ3v) is 7.86. The topological polar surface area (TPSA) is 139 Å². The Balaban J connectivity index is 2.26. The second-order valence-electron chi connectivity index (χ2n) is 9.47. The lowest BCUT2D eigenvalue weighted by molar-refractivity contribution is -0.123. The lowest BCUT2D eigenvalue weighted by Crippen LogP contribution is -2.50. The molecule has 4 N–H and O–H groups in total. The Morgan fingerprint density at radius 3 is 2.27 bits per heavy atom. The van der Waals surface area contributed by atoms with Gasteiger partial charge in [0.2, 0.25) is 21.8 Å². The van der Waals surface area contributed by atoms with Crippen LogP contribution in [0, 0.1) is 5.92 Å². The van der Waals surface area contributed by atoms with Crippen LogP contribution >= 0.6 is 0 Å². The van der Waals surface area contributed by atoms with Gasteiger partial charge in [0.05, 0.1) is 24.2 Å². The molecule has 2 rings (SSSR count). The Morgan fingerprint density at radius 2 is 1.70 bits per heavy atom. The number of hydrogen-bond donors (Lipinski definition) is 3. The van der Waals surface area contributed by atoms with E-state index in [0.29, 0.717) is 25.0 Å². The van der Waals surface area contributed by atoms with E-state index >= 15 is 0 Å². The quantitative estimate of drug-likeness (QED) is 0.303. The van der Waals surface area contributed by atoms with Gasteiger partial charge in [0.15, 0.2) is 0 Å². The standard InChI is InChI=1S/C27H39N3O6S/c1-20(2)16-17-30(37(34,35)23-14-12-22(36-3)13-15-23)19-25(31)24(18-21-8-5-4-6-9-21)29-27(33)11-7-10-26(28)32/h4-6,8-9,12-15,20,24-25,31H,7,10-11,16-19H2,1-3H3,(H2,28,32)(H,29,33)/t24-,25?/m0/s1. The Labute approximate surface area is 220 Å². The third-order valence-electron chi connectivity index (χ3n) is 5.98. The number of primary amides is 1. The first kappa shape index (κ1) is 30.3. The maximum atomic E-state index is 13.5. The van der Waals surface area contributed by atoms with Crippen LogP contribution in [0.5, 0.6) is 5.75 Å². The molecule has 0 bridgehead atoms. The number of methoxy groups -OCH3 is 1. The van der Waals surface area contributed by atoms with Gasteiger partial charge in [-0.2, -0.15) is 4.31 Å². The lowest BCUT2D eigenvalue weighted by atomic mass is 10.0. The van der Waals surface area contributed by atoms with Gasteiger partial charge in [-0.15, -0.1) is 0 Å². The molecule has 204 valence electrons. The predicted molar refractivity (Wildman–Crippen MR) is 142 cm³/mol. The van der Waals surface area contributed by atoms with E-state index in [-0.39, 0.29) is 42.7 Å². The minimum absolute atomic E-state index is 0.0716. The number of carbonyl (C=O) groups is 2. The van der Waals surface area contributed by atoms with Crippen molar-refractivity contribution in [2.45, 2.75) is 63.0 Å². The highest BCUT2D eigenvalue weighted by atomic mass is 32.2. The zero-order chi connectivity index (χ0) is 27.4. The van der Waals surface area contributed by atoms with Crippen LogP contribution in [0.15, 0.2) is 59.5 Å². The van der Waals surface area contributed by atoms with Crippen LogP contribution in [-0.2, 0) is 26.0 Å². The van der Waals surface area contributed by atoms with Gasteiger partial charge in [0, 0.05) is 25.9 Å². The molecule has 0 aliphatic rings. The number of aliphatic hydroxyl groups is 1. The van der Waals surface area contributed by atoms with Crippen molar-refractivity contribution in [3.63, 3.8) is 0 Å². The number of carbonyl (C=O) groups excluding carboxylic acids is 2. The second-order valence-corrected chi connectivity index (χ2v) is 11.4. The Hall–Kier alpha value is -2.95. The van der Waals surface area contributed by atoms with Crippen molar-refractivity contribution in [2.75, 3.05) is 20.2 Å². The number of rotatable bonds is 16. The molecule has 0 fully saturated rings. The molecule has 0 aromatic heterocycles. The molecule has 10 heteroatoms. The van der Waals surface area contributed by atoms with Crippen molar-refractivity contribution >= 4 is 21.8 Å². The molecule has 0 aliphatic heterocycles. The van der Waals surface area contributed by atoms with Crippen molar-refractivity contribution < 1.29 is 27.9 Å². The van der Waals surface area contributed by atoms with Crippen molar-refractivity contribution in [1.29, 1.82) is 0 Å². The van der Waals surface area contributed by atoms with Gasteiger partial charge in [0.1, 0.15) is 5.75 Å². The molecule has 9 nitrogen and oxygen atoms in total. The number of benzene rings is 2. The summed E-state index contributed by atoms with van der Waals surface area (Å²) in [6.45, 7) is 4.02. The number of amides is 2. The van der Waals surface area contributed by atoms with Gasteiger partial charge in [-0.3, -0.25) is 9.59 Å². The van der Waals surface area contributed by atoms with Crippen molar-refractivity contribution in [1.82, 2.24) is 9.62 Å². The highest BCUT2D eigenvalue weighted by Crippen LogP contribution is 2.21. The Morgan fingerprint density at radius 1 is 1.05 bits per heavy atom. The molecule has 0 saturated heterocycles. The number of sulfonamides is 1. The van der Waals surface area contributed by atoms with E-state index in [2.05, 4.69) is 5.32 Å². The Kier molecular flexibility index (Phi) is 12.0. The summed E-state index contributed by atoms with van der Waals surface area (Å²) in [5.41, 5.74) is 6.04. The zero-order valence-electron chi connectivity index (χ0n) is 21.8. The first-order valence-corrected chi connectivity index (χ1v) is 13.9. The van der Waals surface area contributed by atoms with Crippen LogP contribution in [0.2, 0.25) is 0 Å². The molecule has 37 heavy (non-hydrogen) atoms. The monoisotopic (exact) mass is 533 g/mol. The maximum absolute atomic E-state index is 13.5. The van der Waals surface area contributed by atoms with E-state index in [9.17, 15) is 23.1 Å². The zero-order valence-corrected chi connectivity index (χ0v) is 22.6. The van der Waals surface area contributed by atoms with Gasteiger partial charge in [-0.1, -0.05) is 44.2 Å². The van der Waals surface area contributed by atoms with Gasteiger partial charge >= 0.3 is 0 Å². The van der Waals surface area contributed by atoms with Crippen LogP contribution in [0.3, 0.4) is 0 Å². The van der Waals surface area contributed by atoms with E-state index in [4.69, 9.17) is 10.5 Å². The SMILES string of the molecule is COc1ccc(S(=O)(=O)N(CCC(C)C)CC(O)[C@H](Cc2ccccc2)NC(=O)CCCC(N)=O)cc1. The van der Waals surface area contributed by atoms with E-state index in [1.54, 1.807) is 12.1 Å². The predicted octanol–water partition coefficient (Wildman–Crippen LogP) is 2.48. The second kappa shape index (κ2) is 14.7. The molecular weight excluding hydrogens is 494 g/mol. The molecule has 2 aromatic carbocycles. The van der Waals surface area contributed by atoms with Crippen LogP contribution in [-0.4, -0.2) is 62.0 Å². The van der Waals surface area contributed by atoms with Gasteiger partial charge in [-0.05, 0) is 55.0 Å². The average Bonchev–Trinajstić information content (AvgIpc) is 2.86. The van der Waals surface area contributed by atoms with E-state index < -0.39 is 28.1 Å². The fourth-order valence-electron chi connectivity index (χ4n) is 3.80. The summed E-state index contributed by atoms with van der Waals surface area (Å²) in [7, 11) is -2.42.